The molecule has 0 aliphatic carbocycles. The number of nitrogens with one attached hydrogen (secondary N) is 1. The molecule has 0 aliphatic rings. The third-order valence-electron chi connectivity index (χ3n) is 2.26. The first-order chi connectivity index (χ1) is 8.56. The van der Waals surface area contributed by atoms with E-state index in [0.29, 0.717) is 10.6 Å². The highest BCUT2D eigenvalue weighted by Gasteiger charge is 2.06. The lowest BCUT2D eigenvalue weighted by Gasteiger charge is -2.06. The normalized spacial score (nSPS) is 10.3. The van der Waals surface area contributed by atoms with Crippen LogP contribution < -0.4 is 5.73 Å². The van der Waals surface area contributed by atoms with Gasteiger partial charge in [0.1, 0.15) is 11.7 Å². The minimum absolute atomic E-state index is 0.0673. The SMILES string of the molecule is N=C(N)c1ccc(Sc2cccc(F)c2)cc1Cl. The van der Waals surface area contributed by atoms with Crippen molar-refractivity contribution >= 4 is 29.2 Å². The Morgan fingerprint density at radius 2 is 1.89 bits per heavy atom. The average Bonchev–Trinajstić information content (AvgIpc) is 2.28. The van der Waals surface area contributed by atoms with Gasteiger partial charge < -0.3 is 5.73 Å². The topological polar surface area (TPSA) is 49.9 Å². The van der Waals surface area contributed by atoms with Crippen LogP contribution in [-0.2, 0) is 0 Å². The fraction of sp³-hybridized carbons (Fsp3) is 0. The van der Waals surface area contributed by atoms with E-state index in [-0.39, 0.29) is 11.7 Å². The molecule has 0 saturated heterocycles. The molecule has 2 rings (SSSR count). The Balaban J connectivity index is 2.25. The standard InChI is InChI=1S/C13H10ClFN2S/c14-12-7-10(4-5-11(12)13(16)17)18-9-3-1-2-8(15)6-9/h1-7H,(H3,16,17). The van der Waals surface area contributed by atoms with Crippen LogP contribution in [0.2, 0.25) is 5.02 Å². The van der Waals surface area contributed by atoms with E-state index in [4.69, 9.17) is 22.7 Å². The van der Waals surface area contributed by atoms with Crippen LogP contribution in [0, 0.1) is 11.2 Å². The minimum atomic E-state index is -0.272. The van der Waals surface area contributed by atoms with Crippen molar-refractivity contribution in [3.8, 4) is 0 Å². The third kappa shape index (κ3) is 3.03. The zero-order chi connectivity index (χ0) is 13.1. The lowest BCUT2D eigenvalue weighted by Crippen LogP contribution is -2.11. The van der Waals surface area contributed by atoms with Crippen molar-refractivity contribution in [3.05, 3.63) is 58.9 Å². The Kier molecular flexibility index (Phi) is 3.89. The molecule has 0 aliphatic heterocycles. The number of amidine groups is 1. The molecule has 0 unspecified atom stereocenters. The Morgan fingerprint density at radius 1 is 1.17 bits per heavy atom. The van der Waals surface area contributed by atoms with Crippen LogP contribution in [0.1, 0.15) is 5.56 Å². The summed E-state index contributed by atoms with van der Waals surface area (Å²) < 4.78 is 13.0. The van der Waals surface area contributed by atoms with Crippen LogP contribution in [0.25, 0.3) is 0 Å². The fourth-order valence-electron chi connectivity index (χ4n) is 1.44. The van der Waals surface area contributed by atoms with E-state index < -0.39 is 0 Å². The lowest BCUT2D eigenvalue weighted by atomic mass is 10.2. The van der Waals surface area contributed by atoms with Crippen molar-refractivity contribution in [3.63, 3.8) is 0 Å². The molecule has 0 bridgehead atoms. The van der Waals surface area contributed by atoms with Gasteiger partial charge in [0.2, 0.25) is 0 Å². The van der Waals surface area contributed by atoms with Crippen molar-refractivity contribution in [1.29, 1.82) is 5.41 Å². The van der Waals surface area contributed by atoms with Gasteiger partial charge in [0.25, 0.3) is 0 Å². The second-order valence-electron chi connectivity index (χ2n) is 3.61. The largest absolute Gasteiger partial charge is 0.384 e. The smallest absolute Gasteiger partial charge is 0.124 e. The van der Waals surface area contributed by atoms with Crippen LogP contribution in [0.15, 0.2) is 52.3 Å². The molecule has 0 spiro atoms. The summed E-state index contributed by atoms with van der Waals surface area (Å²) in [5.74, 6) is -0.339. The van der Waals surface area contributed by atoms with Gasteiger partial charge in [-0.05, 0) is 36.4 Å². The first kappa shape index (κ1) is 12.9. The van der Waals surface area contributed by atoms with Crippen LogP contribution in [-0.4, -0.2) is 5.84 Å². The molecule has 0 heterocycles. The Hall–Kier alpha value is -1.52. The molecule has 0 aromatic heterocycles. The number of nitrogen functional groups attached to an aromatic ring is 1. The number of halogens is 2. The first-order valence-electron chi connectivity index (χ1n) is 5.13. The average molecular weight is 281 g/mol. The lowest BCUT2D eigenvalue weighted by molar-refractivity contribution is 0.624. The van der Waals surface area contributed by atoms with E-state index in [1.54, 1.807) is 24.3 Å². The van der Waals surface area contributed by atoms with Gasteiger partial charge in [-0.1, -0.05) is 29.4 Å². The number of rotatable bonds is 3. The van der Waals surface area contributed by atoms with Crippen molar-refractivity contribution in [2.45, 2.75) is 9.79 Å². The molecular formula is C13H10ClFN2S. The molecule has 2 aromatic carbocycles. The molecule has 2 aromatic rings. The third-order valence-corrected chi connectivity index (χ3v) is 3.55. The number of benzene rings is 2. The molecule has 0 atom stereocenters. The van der Waals surface area contributed by atoms with Gasteiger partial charge in [0.15, 0.2) is 0 Å². The van der Waals surface area contributed by atoms with Gasteiger partial charge in [-0.15, -0.1) is 0 Å². The van der Waals surface area contributed by atoms with Gasteiger partial charge in [-0.25, -0.2) is 4.39 Å². The molecule has 2 nitrogen and oxygen atoms in total. The Labute approximate surface area is 113 Å². The van der Waals surface area contributed by atoms with Crippen LogP contribution in [0.5, 0.6) is 0 Å². The Morgan fingerprint density at radius 3 is 2.50 bits per heavy atom. The van der Waals surface area contributed by atoms with E-state index in [1.807, 2.05) is 6.07 Å². The summed E-state index contributed by atoms with van der Waals surface area (Å²) in [4.78, 5) is 1.66. The van der Waals surface area contributed by atoms with Gasteiger partial charge >= 0.3 is 0 Å². The van der Waals surface area contributed by atoms with Crippen LogP contribution in [0.3, 0.4) is 0 Å². The molecule has 92 valence electrons. The molecule has 0 amide bonds. The van der Waals surface area contributed by atoms with Crippen molar-refractivity contribution in [1.82, 2.24) is 0 Å². The van der Waals surface area contributed by atoms with Gasteiger partial charge in [-0.2, -0.15) is 0 Å². The summed E-state index contributed by atoms with van der Waals surface area (Å²) >= 11 is 7.41. The van der Waals surface area contributed by atoms with Crippen molar-refractivity contribution in [2.75, 3.05) is 0 Å². The number of hydrogen-bond acceptors (Lipinski definition) is 2. The van der Waals surface area contributed by atoms with Gasteiger partial charge in [0, 0.05) is 15.4 Å². The van der Waals surface area contributed by atoms with E-state index in [9.17, 15) is 4.39 Å². The molecule has 3 N–H and O–H groups in total. The van der Waals surface area contributed by atoms with Crippen molar-refractivity contribution in [2.24, 2.45) is 5.73 Å². The van der Waals surface area contributed by atoms with Gasteiger partial charge in [-0.3, -0.25) is 5.41 Å². The summed E-state index contributed by atoms with van der Waals surface area (Å²) in [6.45, 7) is 0. The van der Waals surface area contributed by atoms with Gasteiger partial charge in [0.05, 0.1) is 5.02 Å². The highest BCUT2D eigenvalue weighted by atomic mass is 35.5. The predicted molar refractivity (Wildman–Crippen MR) is 73.0 cm³/mol. The van der Waals surface area contributed by atoms with E-state index in [1.165, 1.54) is 23.9 Å². The second kappa shape index (κ2) is 5.42. The Bertz CT molecular complexity index is 601. The zero-order valence-electron chi connectivity index (χ0n) is 9.28. The summed E-state index contributed by atoms with van der Waals surface area (Å²) in [5.41, 5.74) is 5.88. The number of nitrogens with two attached hydrogens (primary N) is 1. The summed E-state index contributed by atoms with van der Waals surface area (Å²) in [5, 5.41) is 7.75. The summed E-state index contributed by atoms with van der Waals surface area (Å²) in [6, 6.07) is 11.5. The molecule has 0 saturated carbocycles. The van der Waals surface area contributed by atoms with Crippen LogP contribution >= 0.6 is 23.4 Å². The monoisotopic (exact) mass is 280 g/mol. The fourth-order valence-corrected chi connectivity index (χ4v) is 2.69. The predicted octanol–water partition coefficient (Wildman–Crippen LogP) is 3.91. The zero-order valence-corrected chi connectivity index (χ0v) is 10.9. The molecule has 0 fully saturated rings. The molecule has 18 heavy (non-hydrogen) atoms. The first-order valence-corrected chi connectivity index (χ1v) is 6.33. The molecular weight excluding hydrogens is 271 g/mol. The van der Waals surface area contributed by atoms with E-state index in [0.717, 1.165) is 9.79 Å². The maximum atomic E-state index is 13.0. The summed E-state index contributed by atoms with van der Waals surface area (Å²) in [6.07, 6.45) is 0. The van der Waals surface area contributed by atoms with Crippen LogP contribution in [0.4, 0.5) is 4.39 Å². The van der Waals surface area contributed by atoms with Crippen molar-refractivity contribution < 1.29 is 4.39 Å². The molecule has 0 radical (unpaired) electrons. The summed E-state index contributed by atoms with van der Waals surface area (Å²) in [7, 11) is 0. The highest BCUT2D eigenvalue weighted by molar-refractivity contribution is 7.99. The maximum Gasteiger partial charge on any atom is 0.124 e. The van der Waals surface area contributed by atoms with E-state index >= 15 is 0 Å². The maximum absolute atomic E-state index is 13.0. The second-order valence-corrected chi connectivity index (χ2v) is 5.17. The highest BCUT2D eigenvalue weighted by Crippen LogP contribution is 2.30. The quantitative estimate of drug-likeness (QED) is 0.661. The number of hydrogen-bond donors (Lipinski definition) is 2. The van der Waals surface area contributed by atoms with E-state index in [2.05, 4.69) is 0 Å². The minimum Gasteiger partial charge on any atom is -0.384 e. The molecule has 5 heteroatoms.